The third-order valence-corrected chi connectivity index (χ3v) is 8.27. The first kappa shape index (κ1) is 24.6. The minimum atomic E-state index is -3.82. The maximum atomic E-state index is 12.6. The molecule has 0 spiro atoms. The van der Waals surface area contributed by atoms with Crippen LogP contribution in [0.5, 0.6) is 0 Å². The second-order valence-corrected chi connectivity index (χ2v) is 10.9. The molecule has 0 unspecified atom stereocenters. The minimum absolute atomic E-state index is 0.0174. The van der Waals surface area contributed by atoms with E-state index in [2.05, 4.69) is 22.2 Å². The van der Waals surface area contributed by atoms with Gasteiger partial charge in [0, 0.05) is 30.8 Å². The molecule has 2 aromatic rings. The number of carbonyl (C=O) groups excluding carboxylic acids is 2. The highest BCUT2D eigenvalue weighted by Crippen LogP contribution is 2.21. The second kappa shape index (κ2) is 10.3. The summed E-state index contributed by atoms with van der Waals surface area (Å²) in [5.41, 5.74) is 4.60. The molecule has 33 heavy (non-hydrogen) atoms. The molecule has 0 aliphatic carbocycles. The number of amides is 2. The van der Waals surface area contributed by atoms with Gasteiger partial charge < -0.3 is 0 Å². The highest BCUT2D eigenvalue weighted by atomic mass is 32.2. The van der Waals surface area contributed by atoms with Crippen molar-refractivity contribution in [2.45, 2.75) is 22.6 Å². The molecule has 0 bridgehead atoms. The van der Waals surface area contributed by atoms with Crippen molar-refractivity contribution in [3.63, 3.8) is 0 Å². The summed E-state index contributed by atoms with van der Waals surface area (Å²) in [6.07, 6.45) is 3.02. The van der Waals surface area contributed by atoms with Crippen LogP contribution in [0.2, 0.25) is 0 Å². The molecule has 0 saturated carbocycles. The Hall–Kier alpha value is -3.06. The highest BCUT2D eigenvalue weighted by Gasteiger charge is 2.27. The Kier molecular flexibility index (Phi) is 7.64. The van der Waals surface area contributed by atoms with Crippen LogP contribution in [-0.4, -0.2) is 52.6 Å². The molecule has 1 aliphatic rings. The summed E-state index contributed by atoms with van der Waals surface area (Å²) in [6.45, 7) is 4.43. The monoisotopic (exact) mass is 492 g/mol. The van der Waals surface area contributed by atoms with Crippen molar-refractivity contribution in [3.05, 3.63) is 72.3 Å². The van der Waals surface area contributed by atoms with Crippen LogP contribution in [0.25, 0.3) is 0 Å². The van der Waals surface area contributed by atoms with Crippen molar-refractivity contribution in [2.75, 3.05) is 19.6 Å². The first-order valence-corrected chi connectivity index (χ1v) is 13.0. The Balaban J connectivity index is 1.63. The summed E-state index contributed by atoms with van der Waals surface area (Å²) in [5.74, 6) is -1.39. The Morgan fingerprint density at radius 1 is 0.879 bits per heavy atom. The molecule has 3 rings (SSSR count). The summed E-state index contributed by atoms with van der Waals surface area (Å²) in [4.78, 5) is 24.7. The zero-order chi connectivity index (χ0) is 24.1. The molecule has 2 aromatic carbocycles. The quantitative estimate of drug-likeness (QED) is 0.371. The van der Waals surface area contributed by atoms with E-state index in [9.17, 15) is 26.4 Å². The van der Waals surface area contributed by atoms with Crippen LogP contribution in [0.1, 0.15) is 33.6 Å². The predicted octanol–water partition coefficient (Wildman–Crippen LogP) is 1.01. The van der Waals surface area contributed by atoms with Gasteiger partial charge in [0.25, 0.3) is 11.8 Å². The van der Waals surface area contributed by atoms with Gasteiger partial charge in [-0.25, -0.2) is 21.6 Å². The summed E-state index contributed by atoms with van der Waals surface area (Å²) in [7, 11) is -7.41. The van der Waals surface area contributed by atoms with E-state index in [0.717, 1.165) is 12.8 Å². The van der Waals surface area contributed by atoms with Gasteiger partial charge in [-0.15, -0.1) is 6.58 Å². The molecule has 2 amide bonds. The fourth-order valence-electron chi connectivity index (χ4n) is 3.17. The average Bonchev–Trinajstić information content (AvgIpc) is 3.37. The molecule has 0 aromatic heterocycles. The molecule has 1 aliphatic heterocycles. The average molecular weight is 493 g/mol. The van der Waals surface area contributed by atoms with Crippen molar-refractivity contribution in [3.8, 4) is 0 Å². The third kappa shape index (κ3) is 5.85. The van der Waals surface area contributed by atoms with Gasteiger partial charge in [-0.3, -0.25) is 20.4 Å². The molecule has 0 atom stereocenters. The Morgan fingerprint density at radius 3 is 2.09 bits per heavy atom. The van der Waals surface area contributed by atoms with Crippen molar-refractivity contribution < 1.29 is 26.4 Å². The third-order valence-electron chi connectivity index (χ3n) is 4.93. The summed E-state index contributed by atoms with van der Waals surface area (Å²) in [5, 5.41) is 0. The maximum Gasteiger partial charge on any atom is 0.269 e. The fourth-order valence-corrected chi connectivity index (χ4v) is 5.73. The molecule has 12 heteroatoms. The zero-order valence-corrected chi connectivity index (χ0v) is 19.3. The van der Waals surface area contributed by atoms with Gasteiger partial charge in [0.05, 0.1) is 9.79 Å². The first-order chi connectivity index (χ1) is 15.6. The van der Waals surface area contributed by atoms with Crippen molar-refractivity contribution in [2.24, 2.45) is 0 Å². The van der Waals surface area contributed by atoms with E-state index in [1.54, 1.807) is 0 Å². The zero-order valence-electron chi connectivity index (χ0n) is 17.7. The maximum absolute atomic E-state index is 12.6. The van der Waals surface area contributed by atoms with E-state index in [4.69, 9.17) is 0 Å². The van der Waals surface area contributed by atoms with Crippen LogP contribution in [0, 0.1) is 0 Å². The standard InChI is InChI=1S/C21H24N4O6S2/c1-2-12-22-32(28,29)19-7-5-6-17(15-19)21(27)24-23-20(26)16-8-10-18(11-9-16)33(30,31)25-13-3-4-14-25/h2,5-11,15,22H,1,3-4,12-14H2,(H,23,26)(H,24,27). The number of nitrogens with one attached hydrogen (secondary N) is 3. The van der Waals surface area contributed by atoms with E-state index in [1.807, 2.05) is 0 Å². The van der Waals surface area contributed by atoms with E-state index in [1.165, 1.54) is 58.9 Å². The number of benzene rings is 2. The topological polar surface area (TPSA) is 142 Å². The lowest BCUT2D eigenvalue weighted by atomic mass is 10.2. The molecule has 1 fully saturated rings. The molecule has 3 N–H and O–H groups in total. The van der Waals surface area contributed by atoms with E-state index in [-0.39, 0.29) is 27.5 Å². The van der Waals surface area contributed by atoms with Crippen LogP contribution < -0.4 is 15.6 Å². The molecule has 0 radical (unpaired) electrons. The SMILES string of the molecule is C=CCNS(=O)(=O)c1cccc(C(=O)NNC(=O)c2ccc(S(=O)(=O)N3CCCC3)cc2)c1. The first-order valence-electron chi connectivity index (χ1n) is 10.1. The van der Waals surface area contributed by atoms with Gasteiger partial charge in [-0.1, -0.05) is 12.1 Å². The van der Waals surface area contributed by atoms with Gasteiger partial charge in [-0.2, -0.15) is 4.31 Å². The molecule has 10 nitrogen and oxygen atoms in total. The van der Waals surface area contributed by atoms with Gasteiger partial charge in [0.2, 0.25) is 20.0 Å². The van der Waals surface area contributed by atoms with Gasteiger partial charge in [-0.05, 0) is 55.3 Å². The van der Waals surface area contributed by atoms with Crippen LogP contribution in [-0.2, 0) is 20.0 Å². The van der Waals surface area contributed by atoms with E-state index >= 15 is 0 Å². The number of hydrogen-bond acceptors (Lipinski definition) is 6. The lowest BCUT2D eigenvalue weighted by Crippen LogP contribution is -2.41. The molecule has 176 valence electrons. The van der Waals surface area contributed by atoms with Crippen molar-refractivity contribution >= 4 is 31.9 Å². The Bertz CT molecular complexity index is 1250. The lowest BCUT2D eigenvalue weighted by Gasteiger charge is -2.15. The fraction of sp³-hybridized carbons (Fsp3) is 0.238. The normalized spacial score (nSPS) is 14.5. The van der Waals surface area contributed by atoms with Crippen LogP contribution in [0.4, 0.5) is 0 Å². The smallest absolute Gasteiger partial charge is 0.267 e. The second-order valence-electron chi connectivity index (χ2n) is 7.21. The molecule has 1 saturated heterocycles. The van der Waals surface area contributed by atoms with Gasteiger partial charge in [0.1, 0.15) is 0 Å². The Morgan fingerprint density at radius 2 is 1.48 bits per heavy atom. The molecular formula is C21H24N4O6S2. The molecular weight excluding hydrogens is 468 g/mol. The number of hydrogen-bond donors (Lipinski definition) is 3. The van der Waals surface area contributed by atoms with Crippen LogP contribution >= 0.6 is 0 Å². The summed E-state index contributed by atoms with van der Waals surface area (Å²) < 4.78 is 53.2. The highest BCUT2D eigenvalue weighted by molar-refractivity contribution is 7.89. The van der Waals surface area contributed by atoms with Crippen molar-refractivity contribution in [1.29, 1.82) is 0 Å². The van der Waals surface area contributed by atoms with Gasteiger partial charge >= 0.3 is 0 Å². The number of carbonyl (C=O) groups is 2. The van der Waals surface area contributed by atoms with Crippen LogP contribution in [0.15, 0.2) is 71.0 Å². The Labute approximate surface area is 192 Å². The number of sulfonamides is 2. The summed E-state index contributed by atoms with van der Waals surface area (Å²) in [6, 6.07) is 10.7. The number of rotatable bonds is 8. The van der Waals surface area contributed by atoms with Crippen LogP contribution in [0.3, 0.4) is 0 Å². The van der Waals surface area contributed by atoms with E-state index in [0.29, 0.717) is 13.1 Å². The summed E-state index contributed by atoms with van der Waals surface area (Å²) >= 11 is 0. The van der Waals surface area contributed by atoms with E-state index < -0.39 is 31.9 Å². The molecule has 1 heterocycles. The lowest BCUT2D eigenvalue weighted by molar-refractivity contribution is 0.0846. The van der Waals surface area contributed by atoms with Crippen molar-refractivity contribution in [1.82, 2.24) is 19.9 Å². The minimum Gasteiger partial charge on any atom is -0.267 e. The predicted molar refractivity (Wildman–Crippen MR) is 121 cm³/mol. The number of hydrazine groups is 1. The van der Waals surface area contributed by atoms with Gasteiger partial charge in [0.15, 0.2) is 0 Å². The largest absolute Gasteiger partial charge is 0.269 e. The number of nitrogens with zero attached hydrogens (tertiary/aromatic N) is 1.